The maximum atomic E-state index is 11.2. The molecule has 2 aliphatic rings. The lowest BCUT2D eigenvalue weighted by Crippen LogP contribution is -2.53. The van der Waals surface area contributed by atoms with Crippen LogP contribution in [0.3, 0.4) is 0 Å². The Bertz CT molecular complexity index is 341. The van der Waals surface area contributed by atoms with Crippen LogP contribution in [0.1, 0.15) is 34.1 Å². The number of hydrogen-bond acceptors (Lipinski definition) is 5. The summed E-state index contributed by atoms with van der Waals surface area (Å²) in [5.74, 6) is 0.446. The summed E-state index contributed by atoms with van der Waals surface area (Å²) in [4.78, 5) is 15.5. The fourth-order valence-corrected chi connectivity index (χ4v) is 2.53. The number of carbonyl (C=O) groups excluding carboxylic acids is 1. The van der Waals surface area contributed by atoms with Gasteiger partial charge in [0.2, 0.25) is 6.29 Å². The molecule has 17 heavy (non-hydrogen) atoms. The van der Waals surface area contributed by atoms with E-state index < -0.39 is 6.29 Å². The van der Waals surface area contributed by atoms with Gasteiger partial charge in [-0.05, 0) is 6.42 Å². The molecule has 2 heterocycles. The van der Waals surface area contributed by atoms with Gasteiger partial charge in [-0.25, -0.2) is 4.99 Å². The van der Waals surface area contributed by atoms with E-state index in [2.05, 4.69) is 11.9 Å². The molecular formula is C12H19NO4. The van der Waals surface area contributed by atoms with Crippen LogP contribution in [0.2, 0.25) is 0 Å². The second-order valence-electron chi connectivity index (χ2n) is 4.64. The maximum Gasteiger partial charge on any atom is 0.302 e. The van der Waals surface area contributed by atoms with Gasteiger partial charge in [0.1, 0.15) is 6.10 Å². The first-order valence-electron chi connectivity index (χ1n) is 6.06. The third kappa shape index (κ3) is 2.29. The lowest BCUT2D eigenvalue weighted by molar-refractivity contribution is -0.214. The average Bonchev–Trinajstić information content (AvgIpc) is 2.62. The molecule has 0 N–H and O–H groups in total. The standard InChI is InChI=1S/C12H19NO4/c1-5-9-6(2)11(16-8(4)14)10-12(17-9)15-7(3)13-10/h6,9-12H,5H2,1-4H3/t6-,9+,10+,11-,12-/m0/s1. The monoisotopic (exact) mass is 241 g/mol. The summed E-state index contributed by atoms with van der Waals surface area (Å²) >= 11 is 0. The Balaban J connectivity index is 2.19. The molecule has 0 aliphatic carbocycles. The summed E-state index contributed by atoms with van der Waals surface area (Å²) in [5, 5.41) is 0. The molecule has 0 radical (unpaired) electrons. The summed E-state index contributed by atoms with van der Waals surface area (Å²) in [6, 6.07) is -0.225. The number of rotatable bonds is 2. The number of ether oxygens (including phenoxy) is 3. The van der Waals surface area contributed by atoms with Crippen molar-refractivity contribution in [3.8, 4) is 0 Å². The van der Waals surface area contributed by atoms with Crippen LogP contribution in [0.25, 0.3) is 0 Å². The van der Waals surface area contributed by atoms with Gasteiger partial charge in [0.05, 0.1) is 6.10 Å². The molecule has 0 bridgehead atoms. The highest BCUT2D eigenvalue weighted by Gasteiger charge is 2.49. The number of esters is 1. The van der Waals surface area contributed by atoms with Crippen molar-refractivity contribution in [2.45, 2.75) is 58.7 Å². The summed E-state index contributed by atoms with van der Waals surface area (Å²) in [6.45, 7) is 7.29. The van der Waals surface area contributed by atoms with E-state index in [0.717, 1.165) is 6.42 Å². The lowest BCUT2D eigenvalue weighted by Gasteiger charge is -2.40. The van der Waals surface area contributed by atoms with Crippen LogP contribution < -0.4 is 0 Å². The highest BCUT2D eigenvalue weighted by molar-refractivity contribution is 5.75. The molecule has 0 aromatic rings. The average molecular weight is 241 g/mol. The Kier molecular flexibility index (Phi) is 3.38. The first-order chi connectivity index (χ1) is 8.02. The minimum Gasteiger partial charge on any atom is -0.460 e. The lowest BCUT2D eigenvalue weighted by atomic mass is 9.88. The van der Waals surface area contributed by atoms with Crippen molar-refractivity contribution >= 4 is 11.9 Å². The van der Waals surface area contributed by atoms with Crippen LogP contribution in [-0.2, 0) is 19.0 Å². The van der Waals surface area contributed by atoms with Crippen molar-refractivity contribution in [2.24, 2.45) is 10.9 Å². The molecule has 5 atom stereocenters. The fourth-order valence-electron chi connectivity index (χ4n) is 2.53. The van der Waals surface area contributed by atoms with Crippen molar-refractivity contribution in [3.05, 3.63) is 0 Å². The Hall–Kier alpha value is -1.10. The molecule has 2 aliphatic heterocycles. The van der Waals surface area contributed by atoms with Crippen LogP contribution >= 0.6 is 0 Å². The molecule has 0 aromatic carbocycles. The molecule has 1 fully saturated rings. The predicted octanol–water partition coefficient (Wildman–Crippen LogP) is 1.51. The van der Waals surface area contributed by atoms with E-state index in [-0.39, 0.29) is 30.1 Å². The highest BCUT2D eigenvalue weighted by Crippen LogP contribution is 2.34. The van der Waals surface area contributed by atoms with Crippen LogP contribution in [0, 0.1) is 5.92 Å². The van der Waals surface area contributed by atoms with Crippen molar-refractivity contribution in [1.82, 2.24) is 0 Å². The van der Waals surface area contributed by atoms with Gasteiger partial charge in [0, 0.05) is 19.8 Å². The number of carbonyl (C=O) groups is 1. The zero-order valence-electron chi connectivity index (χ0n) is 10.7. The van der Waals surface area contributed by atoms with Crippen LogP contribution in [0.4, 0.5) is 0 Å². The topological polar surface area (TPSA) is 57.1 Å². The van der Waals surface area contributed by atoms with Crippen molar-refractivity contribution in [1.29, 1.82) is 0 Å². The van der Waals surface area contributed by atoms with Gasteiger partial charge in [0.25, 0.3) is 0 Å². The first-order valence-corrected chi connectivity index (χ1v) is 6.06. The molecular weight excluding hydrogens is 222 g/mol. The molecule has 0 spiro atoms. The zero-order chi connectivity index (χ0) is 12.6. The Morgan fingerprint density at radius 1 is 1.53 bits per heavy atom. The van der Waals surface area contributed by atoms with Crippen molar-refractivity contribution < 1.29 is 19.0 Å². The van der Waals surface area contributed by atoms with E-state index in [9.17, 15) is 4.79 Å². The van der Waals surface area contributed by atoms with Gasteiger partial charge in [-0.3, -0.25) is 4.79 Å². The van der Waals surface area contributed by atoms with Crippen molar-refractivity contribution in [2.75, 3.05) is 0 Å². The van der Waals surface area contributed by atoms with Crippen LogP contribution in [0.15, 0.2) is 4.99 Å². The highest BCUT2D eigenvalue weighted by atomic mass is 16.7. The van der Waals surface area contributed by atoms with Gasteiger partial charge < -0.3 is 14.2 Å². The Morgan fingerprint density at radius 3 is 2.82 bits per heavy atom. The minimum atomic E-state index is -0.402. The second kappa shape index (κ2) is 4.64. The molecule has 2 rings (SSSR count). The van der Waals surface area contributed by atoms with E-state index in [1.165, 1.54) is 6.92 Å². The first kappa shape index (κ1) is 12.4. The zero-order valence-corrected chi connectivity index (χ0v) is 10.7. The summed E-state index contributed by atoms with van der Waals surface area (Å²) in [6.07, 6.45) is 0.251. The molecule has 0 unspecified atom stereocenters. The Labute approximate surface area is 101 Å². The number of hydrogen-bond donors (Lipinski definition) is 0. The number of aliphatic imine (C=N–C) groups is 1. The molecule has 5 heteroatoms. The maximum absolute atomic E-state index is 11.2. The summed E-state index contributed by atoms with van der Waals surface area (Å²) < 4.78 is 16.7. The van der Waals surface area contributed by atoms with Gasteiger partial charge >= 0.3 is 5.97 Å². The third-order valence-electron chi connectivity index (χ3n) is 3.35. The number of nitrogens with zero attached hydrogens (tertiary/aromatic N) is 1. The fraction of sp³-hybridized carbons (Fsp3) is 0.833. The molecule has 5 nitrogen and oxygen atoms in total. The Morgan fingerprint density at radius 2 is 2.24 bits per heavy atom. The van der Waals surface area contributed by atoms with Crippen LogP contribution in [-0.4, -0.2) is 36.4 Å². The largest absolute Gasteiger partial charge is 0.460 e. The van der Waals surface area contributed by atoms with E-state index in [0.29, 0.717) is 5.90 Å². The summed E-state index contributed by atoms with van der Waals surface area (Å²) in [5.41, 5.74) is 0. The van der Waals surface area contributed by atoms with Gasteiger partial charge in [0.15, 0.2) is 11.9 Å². The molecule has 1 saturated heterocycles. The quantitative estimate of drug-likeness (QED) is 0.687. The molecule has 0 saturated carbocycles. The normalized spacial score (nSPS) is 40.2. The van der Waals surface area contributed by atoms with E-state index in [1.54, 1.807) is 6.92 Å². The smallest absolute Gasteiger partial charge is 0.302 e. The van der Waals surface area contributed by atoms with E-state index >= 15 is 0 Å². The van der Waals surface area contributed by atoms with Gasteiger partial charge in [-0.1, -0.05) is 13.8 Å². The minimum absolute atomic E-state index is 0.0432. The van der Waals surface area contributed by atoms with Gasteiger partial charge in [-0.2, -0.15) is 0 Å². The van der Waals surface area contributed by atoms with Crippen molar-refractivity contribution in [3.63, 3.8) is 0 Å². The molecule has 0 amide bonds. The third-order valence-corrected chi connectivity index (χ3v) is 3.35. The molecule has 0 aromatic heterocycles. The second-order valence-corrected chi connectivity index (χ2v) is 4.64. The summed E-state index contributed by atoms with van der Waals surface area (Å²) in [7, 11) is 0. The van der Waals surface area contributed by atoms with Gasteiger partial charge in [-0.15, -0.1) is 0 Å². The van der Waals surface area contributed by atoms with E-state index in [4.69, 9.17) is 14.2 Å². The predicted molar refractivity (Wildman–Crippen MR) is 61.7 cm³/mol. The van der Waals surface area contributed by atoms with Crippen LogP contribution in [0.5, 0.6) is 0 Å². The number of fused-ring (bicyclic) bond motifs is 1. The SMILES string of the molecule is CC[C@H]1O[C@@H]2OC(C)=N[C@@H]2[C@@H](OC(C)=O)[C@H]1C. The molecule has 96 valence electrons. The van der Waals surface area contributed by atoms with E-state index in [1.807, 2.05) is 6.92 Å².